The first-order valence-electron chi connectivity index (χ1n) is 12.7. The van der Waals surface area contributed by atoms with Gasteiger partial charge in [-0.3, -0.25) is 4.79 Å². The Morgan fingerprint density at radius 2 is 1.19 bits per heavy atom. The van der Waals surface area contributed by atoms with Crippen LogP contribution in [-0.2, 0) is 16.0 Å². The Hall–Kier alpha value is -0.840. The van der Waals surface area contributed by atoms with Gasteiger partial charge in [0.2, 0.25) is 5.91 Å². The number of carbonyl (C=O) groups excluding carboxylic acids is 2. The second kappa shape index (κ2) is 22.0. The monoisotopic (exact) mass is 453 g/mol. The van der Waals surface area contributed by atoms with Crippen LogP contribution in [0.1, 0.15) is 115 Å². The van der Waals surface area contributed by atoms with Crippen molar-refractivity contribution in [3.63, 3.8) is 0 Å². The van der Waals surface area contributed by atoms with E-state index in [1.54, 1.807) is 0 Å². The number of rotatable bonds is 20. The normalized spacial score (nSPS) is 11.5. The Labute approximate surface area is 218 Å². The molecule has 32 heavy (non-hydrogen) atoms. The van der Waals surface area contributed by atoms with Gasteiger partial charge in [-0.25, -0.2) is 0 Å². The standard InChI is InChI=1S/C27H45NO3.Na/c1-2-3-4-5-6-7-8-9-10-11-12-13-14-15-19-22-26(29)28-25(27(30)31)23-24-20-17-16-18-21-24;/h16-18,20-21,25H,2-15,19,22-23H2,1H3,(H,28,29)(H,30,31);/q;+1/p-1. The van der Waals surface area contributed by atoms with Crippen molar-refractivity contribution in [1.82, 2.24) is 5.32 Å². The van der Waals surface area contributed by atoms with Crippen molar-refractivity contribution in [2.75, 3.05) is 0 Å². The Bertz CT molecular complexity index is 580. The van der Waals surface area contributed by atoms with Crippen LogP contribution in [-0.4, -0.2) is 17.9 Å². The molecule has 0 fully saturated rings. The summed E-state index contributed by atoms with van der Waals surface area (Å²) in [6, 6.07) is 8.35. The van der Waals surface area contributed by atoms with Gasteiger partial charge in [0, 0.05) is 6.42 Å². The Morgan fingerprint density at radius 3 is 1.62 bits per heavy atom. The molecule has 1 N–H and O–H groups in total. The summed E-state index contributed by atoms with van der Waals surface area (Å²) in [4.78, 5) is 23.4. The van der Waals surface area contributed by atoms with Gasteiger partial charge in [-0.2, -0.15) is 0 Å². The average molecular weight is 454 g/mol. The maximum absolute atomic E-state index is 12.1. The van der Waals surface area contributed by atoms with Crippen LogP contribution in [0.2, 0.25) is 0 Å². The Balaban J connectivity index is 0.00000961. The first-order valence-corrected chi connectivity index (χ1v) is 12.7. The van der Waals surface area contributed by atoms with Gasteiger partial charge in [0.15, 0.2) is 0 Å². The van der Waals surface area contributed by atoms with E-state index in [4.69, 9.17) is 0 Å². The van der Waals surface area contributed by atoms with Crippen LogP contribution >= 0.6 is 0 Å². The van der Waals surface area contributed by atoms with Crippen LogP contribution in [0.5, 0.6) is 0 Å². The van der Waals surface area contributed by atoms with Gasteiger partial charge in [0.25, 0.3) is 0 Å². The fourth-order valence-electron chi connectivity index (χ4n) is 3.97. The molecular formula is C27H44NNaO3. The number of carboxylic acid groups (broad SMARTS) is 1. The molecule has 1 amide bonds. The van der Waals surface area contributed by atoms with Crippen LogP contribution in [0.4, 0.5) is 0 Å². The molecule has 4 nitrogen and oxygen atoms in total. The van der Waals surface area contributed by atoms with Gasteiger partial charge in [-0.15, -0.1) is 0 Å². The maximum atomic E-state index is 12.1. The number of hydrogen-bond donors (Lipinski definition) is 1. The molecule has 0 bridgehead atoms. The van der Waals surface area contributed by atoms with Gasteiger partial charge in [0.05, 0.1) is 12.0 Å². The van der Waals surface area contributed by atoms with E-state index in [0.29, 0.717) is 6.42 Å². The van der Waals surface area contributed by atoms with Crippen molar-refractivity contribution < 1.29 is 44.3 Å². The number of hydrogen-bond acceptors (Lipinski definition) is 3. The molecule has 0 aliphatic rings. The molecule has 1 aromatic rings. The van der Waals surface area contributed by atoms with E-state index in [-0.39, 0.29) is 41.9 Å². The van der Waals surface area contributed by atoms with E-state index >= 15 is 0 Å². The minimum Gasteiger partial charge on any atom is -0.548 e. The number of carboxylic acids is 1. The third-order valence-corrected chi connectivity index (χ3v) is 5.91. The molecule has 1 rings (SSSR count). The smallest absolute Gasteiger partial charge is 0.548 e. The zero-order valence-corrected chi connectivity index (χ0v) is 22.7. The van der Waals surface area contributed by atoms with Crippen LogP contribution < -0.4 is 40.0 Å². The molecule has 1 atom stereocenters. The number of amides is 1. The molecule has 0 aliphatic carbocycles. The van der Waals surface area contributed by atoms with Gasteiger partial charge in [0.1, 0.15) is 0 Å². The Morgan fingerprint density at radius 1 is 0.750 bits per heavy atom. The number of benzene rings is 1. The van der Waals surface area contributed by atoms with E-state index in [2.05, 4.69) is 12.2 Å². The zero-order chi connectivity index (χ0) is 22.6. The van der Waals surface area contributed by atoms with Crippen LogP contribution in [0.25, 0.3) is 0 Å². The molecule has 5 heteroatoms. The molecule has 0 aliphatic heterocycles. The summed E-state index contributed by atoms with van der Waals surface area (Å²) >= 11 is 0. The maximum Gasteiger partial charge on any atom is 1.00 e. The van der Waals surface area contributed by atoms with Crippen molar-refractivity contribution in [3.05, 3.63) is 35.9 Å². The van der Waals surface area contributed by atoms with E-state index in [1.165, 1.54) is 77.0 Å². The predicted molar refractivity (Wildman–Crippen MR) is 127 cm³/mol. The van der Waals surface area contributed by atoms with Crippen LogP contribution in [0.15, 0.2) is 30.3 Å². The number of unbranched alkanes of at least 4 members (excludes halogenated alkanes) is 14. The van der Waals surface area contributed by atoms with Crippen molar-refractivity contribution in [2.24, 2.45) is 0 Å². The quantitative estimate of drug-likeness (QED) is 0.244. The second-order valence-electron chi connectivity index (χ2n) is 8.83. The number of aliphatic carboxylic acids is 1. The minimum atomic E-state index is -1.23. The van der Waals surface area contributed by atoms with Crippen molar-refractivity contribution in [3.8, 4) is 0 Å². The van der Waals surface area contributed by atoms with Gasteiger partial charge in [-0.05, 0) is 18.4 Å². The van der Waals surface area contributed by atoms with Crippen molar-refractivity contribution in [2.45, 2.75) is 122 Å². The molecule has 0 heterocycles. The first-order chi connectivity index (χ1) is 15.1. The molecule has 0 aromatic heterocycles. The summed E-state index contributed by atoms with van der Waals surface area (Å²) < 4.78 is 0. The fourth-order valence-corrected chi connectivity index (χ4v) is 3.97. The first kappa shape index (κ1) is 31.2. The zero-order valence-electron chi connectivity index (χ0n) is 20.7. The summed E-state index contributed by atoms with van der Waals surface area (Å²) in [5.74, 6) is -1.42. The molecular weight excluding hydrogens is 409 g/mol. The molecule has 176 valence electrons. The summed E-state index contributed by atoms with van der Waals surface area (Å²) in [5.41, 5.74) is 0.879. The number of nitrogens with one attached hydrogen (secondary N) is 1. The largest absolute Gasteiger partial charge is 1.00 e. The molecule has 1 aromatic carbocycles. The average Bonchev–Trinajstić information content (AvgIpc) is 2.76. The third kappa shape index (κ3) is 17.7. The van der Waals surface area contributed by atoms with E-state index < -0.39 is 12.0 Å². The summed E-state index contributed by atoms with van der Waals surface area (Å²) in [6.45, 7) is 2.26. The van der Waals surface area contributed by atoms with Crippen molar-refractivity contribution in [1.29, 1.82) is 0 Å². The molecule has 0 saturated heterocycles. The Kier molecular flexibility index (Phi) is 21.4. The topological polar surface area (TPSA) is 69.2 Å². The predicted octanol–water partition coefficient (Wildman–Crippen LogP) is 2.73. The molecule has 0 saturated carbocycles. The summed E-state index contributed by atoms with van der Waals surface area (Å²) in [5, 5.41) is 13.9. The second-order valence-corrected chi connectivity index (χ2v) is 8.83. The van der Waals surface area contributed by atoms with Crippen molar-refractivity contribution >= 4 is 11.9 Å². The van der Waals surface area contributed by atoms with E-state index in [9.17, 15) is 14.7 Å². The van der Waals surface area contributed by atoms with E-state index in [0.717, 1.165) is 24.8 Å². The SMILES string of the molecule is CCCCCCCCCCCCCCCCCC(=O)NC(Cc1ccccc1)C(=O)[O-].[Na+]. The number of carbonyl (C=O) groups is 2. The van der Waals surface area contributed by atoms with E-state index in [1.807, 2.05) is 30.3 Å². The minimum absolute atomic E-state index is 0. The van der Waals surface area contributed by atoms with Crippen LogP contribution in [0, 0.1) is 0 Å². The third-order valence-electron chi connectivity index (χ3n) is 5.91. The van der Waals surface area contributed by atoms with Gasteiger partial charge >= 0.3 is 29.6 Å². The summed E-state index contributed by atoms with van der Waals surface area (Å²) in [6.07, 6.45) is 19.9. The van der Waals surface area contributed by atoms with Gasteiger partial charge < -0.3 is 15.2 Å². The molecule has 1 unspecified atom stereocenters. The fraction of sp³-hybridized carbons (Fsp3) is 0.704. The van der Waals surface area contributed by atoms with Crippen LogP contribution in [0.3, 0.4) is 0 Å². The molecule has 0 radical (unpaired) electrons. The molecule has 0 spiro atoms. The summed E-state index contributed by atoms with van der Waals surface area (Å²) in [7, 11) is 0. The van der Waals surface area contributed by atoms with Gasteiger partial charge in [-0.1, -0.05) is 127 Å².